The molecule has 0 aromatic rings. The minimum Gasteiger partial charge on any atom is -0.543 e. The Morgan fingerprint density at radius 3 is 2.14 bits per heavy atom. The summed E-state index contributed by atoms with van der Waals surface area (Å²) in [7, 11) is 0. The Bertz CT molecular complexity index is 117. The van der Waals surface area contributed by atoms with Crippen LogP contribution in [0.25, 0.3) is 0 Å². The summed E-state index contributed by atoms with van der Waals surface area (Å²) in [5.74, 6) is -1.63. The van der Waals surface area contributed by atoms with Crippen LogP contribution < -0.4 is 5.11 Å². The highest BCUT2D eigenvalue weighted by Crippen LogP contribution is 1.83. The fourth-order valence-electron chi connectivity index (χ4n) is 0.0373. The molecular weight excluding hydrogens is 98.0 g/mol. The summed E-state index contributed by atoms with van der Waals surface area (Å²) >= 11 is 0. The number of carbonyl (C=O) groups is 1. The Hall–Kier alpha value is -1.19. The van der Waals surface area contributed by atoms with Gasteiger partial charge in [0.15, 0.2) is 0 Å². The highest BCUT2D eigenvalue weighted by molar-refractivity contribution is 5.83. The molecule has 0 bridgehead atoms. The number of hydrogen-bond donors (Lipinski definition) is 0. The molecule has 0 unspecified atom stereocenters. The lowest BCUT2D eigenvalue weighted by atomic mass is 10.5. The van der Waals surface area contributed by atoms with Crippen molar-refractivity contribution < 1.29 is 9.90 Å². The van der Waals surface area contributed by atoms with Gasteiger partial charge in [-0.2, -0.15) is 0 Å². The molecule has 0 amide bonds. The predicted molar refractivity (Wildman–Crippen MR) is 19.9 cm³/mol. The number of aliphatic carboxylic acids is 1. The van der Waals surface area contributed by atoms with Gasteiger partial charge in [0.05, 0.1) is 5.97 Å². The van der Waals surface area contributed by atoms with E-state index in [0.29, 0.717) is 0 Å². The number of nitrogens with zero attached hydrogens (tertiary/aromatic N) is 1. The predicted octanol–water partition coefficient (Wildman–Crippen LogP) is -0.984. The first-order chi connectivity index (χ1) is 3.18. The van der Waals surface area contributed by atoms with Gasteiger partial charge in [0.25, 0.3) is 0 Å². The fourth-order valence-corrected chi connectivity index (χ4v) is 0.0373. The third kappa shape index (κ3) is 1.64. The number of carboxylic acids is 1. The molecule has 4 nitrogen and oxygen atoms in total. The Balaban J connectivity index is 3.81. The van der Waals surface area contributed by atoms with Gasteiger partial charge in [-0.05, 0) is 5.18 Å². The number of nitroso groups, excluding NO2 is 1. The van der Waals surface area contributed by atoms with E-state index in [1.807, 2.05) is 5.18 Å². The lowest BCUT2D eigenvalue weighted by Gasteiger charge is -1.90. The van der Waals surface area contributed by atoms with Crippen molar-refractivity contribution in [1.29, 1.82) is 0 Å². The molecule has 0 N–H and O–H groups in total. The van der Waals surface area contributed by atoms with Crippen LogP contribution in [0.1, 0.15) is 0 Å². The second-order valence-corrected chi connectivity index (χ2v) is 0.825. The smallest absolute Gasteiger partial charge is 0.123 e. The summed E-state index contributed by atoms with van der Waals surface area (Å²) < 4.78 is 0. The van der Waals surface area contributed by atoms with Crippen LogP contribution >= 0.6 is 0 Å². The third-order valence-corrected chi connectivity index (χ3v) is 0.346. The minimum absolute atomic E-state index is 0.778. The summed E-state index contributed by atoms with van der Waals surface area (Å²) in [5, 5.41) is 11.4. The molecule has 0 aromatic carbocycles. The Kier molecular flexibility index (Phi) is 1.72. The largest absolute Gasteiger partial charge is 0.543 e. The number of rotatable bonds is 2. The molecule has 0 heterocycles. The monoisotopic (exact) mass is 100 g/mol. The van der Waals surface area contributed by atoms with Crippen molar-refractivity contribution >= 4 is 5.97 Å². The standard InChI is InChI=1S/C3H3NO3/c1-2(4-7)3(5)6/h1H2,(H,5,6)/p-1. The Labute approximate surface area is 39.4 Å². The second kappa shape index (κ2) is 2.07. The van der Waals surface area contributed by atoms with Crippen molar-refractivity contribution in [2.24, 2.45) is 5.18 Å². The lowest BCUT2D eigenvalue weighted by molar-refractivity contribution is -0.299. The van der Waals surface area contributed by atoms with Gasteiger partial charge in [0, 0.05) is 0 Å². The van der Waals surface area contributed by atoms with Crippen molar-refractivity contribution in [2.75, 3.05) is 0 Å². The summed E-state index contributed by atoms with van der Waals surface area (Å²) in [5.41, 5.74) is -0.778. The third-order valence-electron chi connectivity index (χ3n) is 0.346. The maximum atomic E-state index is 9.43. The summed E-state index contributed by atoms with van der Waals surface area (Å²) in [6.45, 7) is 2.73. The molecule has 0 rings (SSSR count). The number of carbonyl (C=O) groups excluding carboxylic acids is 1. The van der Waals surface area contributed by atoms with E-state index in [2.05, 4.69) is 6.58 Å². The lowest BCUT2D eigenvalue weighted by Crippen LogP contribution is -2.22. The van der Waals surface area contributed by atoms with Gasteiger partial charge in [-0.1, -0.05) is 6.58 Å². The highest BCUT2D eigenvalue weighted by Gasteiger charge is 1.87. The highest BCUT2D eigenvalue weighted by atomic mass is 16.4. The zero-order chi connectivity index (χ0) is 5.86. The summed E-state index contributed by atoms with van der Waals surface area (Å²) in [6, 6.07) is 0. The molecule has 38 valence electrons. The van der Waals surface area contributed by atoms with Crippen LogP contribution in [0.3, 0.4) is 0 Å². The van der Waals surface area contributed by atoms with Crippen LogP contribution in [-0.4, -0.2) is 5.97 Å². The van der Waals surface area contributed by atoms with E-state index < -0.39 is 11.7 Å². The molecule has 0 fully saturated rings. The quantitative estimate of drug-likeness (QED) is 0.330. The fraction of sp³-hybridized carbons (Fsp3) is 0. The maximum absolute atomic E-state index is 9.43. The average molecular weight is 100 g/mol. The van der Waals surface area contributed by atoms with Crippen molar-refractivity contribution in [3.05, 3.63) is 17.2 Å². The van der Waals surface area contributed by atoms with Gasteiger partial charge in [0.2, 0.25) is 0 Å². The summed E-state index contributed by atoms with van der Waals surface area (Å²) in [6.07, 6.45) is 0. The molecule has 0 radical (unpaired) electrons. The zero-order valence-electron chi connectivity index (χ0n) is 3.38. The molecule has 0 aliphatic rings. The Morgan fingerprint density at radius 1 is 1.71 bits per heavy atom. The zero-order valence-corrected chi connectivity index (χ0v) is 3.38. The Morgan fingerprint density at radius 2 is 2.14 bits per heavy atom. The van der Waals surface area contributed by atoms with Gasteiger partial charge >= 0.3 is 0 Å². The van der Waals surface area contributed by atoms with E-state index in [9.17, 15) is 14.8 Å². The first-order valence-corrected chi connectivity index (χ1v) is 1.42. The normalized spacial score (nSPS) is 7.43. The molecule has 0 spiro atoms. The molecule has 0 saturated carbocycles. The van der Waals surface area contributed by atoms with Crippen LogP contribution in [0, 0.1) is 4.91 Å². The van der Waals surface area contributed by atoms with Gasteiger partial charge in [-0.15, -0.1) is 4.91 Å². The van der Waals surface area contributed by atoms with E-state index in [1.165, 1.54) is 0 Å². The molecule has 4 heteroatoms. The molecule has 0 aromatic heterocycles. The van der Waals surface area contributed by atoms with Crippen LogP contribution in [-0.2, 0) is 4.79 Å². The van der Waals surface area contributed by atoms with E-state index in [1.54, 1.807) is 0 Å². The van der Waals surface area contributed by atoms with Gasteiger partial charge < -0.3 is 9.90 Å². The van der Waals surface area contributed by atoms with Crippen LogP contribution in [0.5, 0.6) is 0 Å². The summed E-state index contributed by atoms with van der Waals surface area (Å²) in [4.78, 5) is 18.6. The first-order valence-electron chi connectivity index (χ1n) is 1.42. The number of hydrogen-bond acceptors (Lipinski definition) is 4. The van der Waals surface area contributed by atoms with Gasteiger partial charge in [0.1, 0.15) is 5.70 Å². The van der Waals surface area contributed by atoms with Crippen molar-refractivity contribution in [1.82, 2.24) is 0 Å². The van der Waals surface area contributed by atoms with Crippen molar-refractivity contribution in [3.63, 3.8) is 0 Å². The van der Waals surface area contributed by atoms with Gasteiger partial charge in [-0.25, -0.2) is 0 Å². The van der Waals surface area contributed by atoms with E-state index >= 15 is 0 Å². The molecule has 0 saturated heterocycles. The van der Waals surface area contributed by atoms with Crippen LogP contribution in [0.15, 0.2) is 17.5 Å². The maximum Gasteiger partial charge on any atom is 0.123 e. The molecule has 7 heavy (non-hydrogen) atoms. The molecular formula is C3H2NO3-. The van der Waals surface area contributed by atoms with Crippen LogP contribution in [0.4, 0.5) is 0 Å². The topological polar surface area (TPSA) is 69.6 Å². The van der Waals surface area contributed by atoms with Crippen molar-refractivity contribution in [2.45, 2.75) is 0 Å². The van der Waals surface area contributed by atoms with E-state index in [0.717, 1.165) is 0 Å². The van der Waals surface area contributed by atoms with Crippen LogP contribution in [0.2, 0.25) is 0 Å². The molecule has 0 aliphatic heterocycles. The van der Waals surface area contributed by atoms with Crippen molar-refractivity contribution in [3.8, 4) is 0 Å². The van der Waals surface area contributed by atoms with E-state index in [-0.39, 0.29) is 0 Å². The van der Waals surface area contributed by atoms with Gasteiger partial charge in [-0.3, -0.25) is 0 Å². The average Bonchev–Trinajstić information content (AvgIpc) is 1.65. The van der Waals surface area contributed by atoms with E-state index in [4.69, 9.17) is 0 Å². The second-order valence-electron chi connectivity index (χ2n) is 0.825. The molecule has 0 atom stereocenters. The first kappa shape index (κ1) is 5.81. The minimum atomic E-state index is -1.63. The molecule has 0 aliphatic carbocycles. The number of carboxylic acid groups (broad SMARTS) is 1. The SMILES string of the molecule is C=C(N=O)C(=O)[O-].